The molecule has 0 unspecified atom stereocenters. The van der Waals surface area contributed by atoms with Gasteiger partial charge in [0.05, 0.1) is 5.69 Å². The third-order valence-corrected chi connectivity index (χ3v) is 2.49. The normalized spacial score (nSPS) is 9.71. The Labute approximate surface area is 91.2 Å². The predicted molar refractivity (Wildman–Crippen MR) is 60.1 cm³/mol. The van der Waals surface area contributed by atoms with Crippen LogP contribution in [0.15, 0.2) is 22.7 Å². The summed E-state index contributed by atoms with van der Waals surface area (Å²) < 4.78 is 0.941. The maximum absolute atomic E-state index is 11.2. The molecule has 0 aliphatic rings. The molecule has 1 aromatic rings. The Bertz CT molecular complexity index is 352. The van der Waals surface area contributed by atoms with Crippen LogP contribution < -0.4 is 16.2 Å². The molecular formula is C9H12BrN3O. The van der Waals surface area contributed by atoms with Gasteiger partial charge >= 0.3 is 0 Å². The summed E-state index contributed by atoms with van der Waals surface area (Å²) in [5, 5.41) is 0. The van der Waals surface area contributed by atoms with Gasteiger partial charge in [-0.2, -0.15) is 0 Å². The number of hydrazine groups is 1. The first-order valence-corrected chi connectivity index (χ1v) is 4.83. The molecule has 5 heteroatoms. The second kappa shape index (κ2) is 4.43. The standard InChI is InChI=1S/C9H12BrN3O/c1-13(2)8-5-6(9(14)12-11)3-4-7(8)10/h3-5H,11H2,1-2H3,(H,12,14). The third-order valence-electron chi connectivity index (χ3n) is 1.82. The molecule has 1 rings (SSSR count). The molecule has 3 N–H and O–H groups in total. The van der Waals surface area contributed by atoms with Gasteiger partial charge in [0.1, 0.15) is 0 Å². The summed E-state index contributed by atoms with van der Waals surface area (Å²) >= 11 is 3.40. The highest BCUT2D eigenvalue weighted by Crippen LogP contribution is 2.25. The maximum atomic E-state index is 11.2. The Balaban J connectivity index is 3.13. The number of benzene rings is 1. The van der Waals surface area contributed by atoms with E-state index in [1.807, 2.05) is 25.1 Å². The predicted octanol–water partition coefficient (Wildman–Crippen LogP) is 1.12. The summed E-state index contributed by atoms with van der Waals surface area (Å²) in [4.78, 5) is 13.1. The zero-order chi connectivity index (χ0) is 10.7. The fraction of sp³-hybridized carbons (Fsp3) is 0.222. The van der Waals surface area contributed by atoms with E-state index >= 15 is 0 Å². The monoisotopic (exact) mass is 257 g/mol. The van der Waals surface area contributed by atoms with Crippen LogP contribution in [0.4, 0.5) is 5.69 Å². The number of amides is 1. The molecule has 0 bridgehead atoms. The van der Waals surface area contributed by atoms with Gasteiger partial charge in [0.25, 0.3) is 5.91 Å². The van der Waals surface area contributed by atoms with Crippen molar-refractivity contribution in [2.75, 3.05) is 19.0 Å². The van der Waals surface area contributed by atoms with Crippen LogP contribution in [0.25, 0.3) is 0 Å². The zero-order valence-electron chi connectivity index (χ0n) is 8.04. The van der Waals surface area contributed by atoms with Gasteiger partial charge in [-0.25, -0.2) is 5.84 Å². The number of nitrogens with one attached hydrogen (secondary N) is 1. The Morgan fingerprint density at radius 3 is 2.64 bits per heavy atom. The molecule has 0 aliphatic carbocycles. The molecule has 0 aliphatic heterocycles. The minimum atomic E-state index is -0.291. The number of nitrogens with two attached hydrogens (primary N) is 1. The van der Waals surface area contributed by atoms with Gasteiger partial charge in [-0.3, -0.25) is 10.2 Å². The van der Waals surface area contributed by atoms with Crippen molar-refractivity contribution in [3.63, 3.8) is 0 Å². The van der Waals surface area contributed by atoms with Crippen LogP contribution in [0.1, 0.15) is 10.4 Å². The molecule has 0 heterocycles. The van der Waals surface area contributed by atoms with E-state index in [4.69, 9.17) is 5.84 Å². The van der Waals surface area contributed by atoms with Crippen LogP contribution in [0.3, 0.4) is 0 Å². The molecule has 4 nitrogen and oxygen atoms in total. The van der Waals surface area contributed by atoms with Gasteiger partial charge < -0.3 is 4.90 Å². The number of carbonyl (C=O) groups excluding carboxylic acids is 1. The number of anilines is 1. The molecule has 0 fully saturated rings. The van der Waals surface area contributed by atoms with Crippen LogP contribution in [0.5, 0.6) is 0 Å². The largest absolute Gasteiger partial charge is 0.377 e. The van der Waals surface area contributed by atoms with E-state index in [1.165, 1.54) is 0 Å². The highest BCUT2D eigenvalue weighted by Gasteiger charge is 2.08. The van der Waals surface area contributed by atoms with Crippen molar-refractivity contribution in [3.05, 3.63) is 28.2 Å². The maximum Gasteiger partial charge on any atom is 0.265 e. The van der Waals surface area contributed by atoms with Gasteiger partial charge in [0.2, 0.25) is 0 Å². The summed E-state index contributed by atoms with van der Waals surface area (Å²) in [5.74, 6) is 4.75. The summed E-state index contributed by atoms with van der Waals surface area (Å²) in [6, 6.07) is 5.30. The van der Waals surface area contributed by atoms with Crippen LogP contribution in [0, 0.1) is 0 Å². The molecule has 1 aromatic carbocycles. The van der Waals surface area contributed by atoms with Gasteiger partial charge in [0, 0.05) is 24.1 Å². The average molecular weight is 258 g/mol. The first kappa shape index (κ1) is 11.0. The molecular weight excluding hydrogens is 246 g/mol. The van der Waals surface area contributed by atoms with Crippen LogP contribution in [-0.2, 0) is 0 Å². The van der Waals surface area contributed by atoms with E-state index in [-0.39, 0.29) is 5.91 Å². The first-order chi connectivity index (χ1) is 6.56. The SMILES string of the molecule is CN(C)c1cc(C(=O)NN)ccc1Br. The fourth-order valence-electron chi connectivity index (χ4n) is 1.08. The topological polar surface area (TPSA) is 58.4 Å². The summed E-state index contributed by atoms with van der Waals surface area (Å²) in [6.07, 6.45) is 0. The second-order valence-corrected chi connectivity index (χ2v) is 3.89. The summed E-state index contributed by atoms with van der Waals surface area (Å²) in [7, 11) is 3.81. The van der Waals surface area contributed by atoms with Crippen molar-refractivity contribution in [1.82, 2.24) is 5.43 Å². The number of nitrogen functional groups attached to an aromatic ring is 1. The molecule has 0 spiro atoms. The molecule has 1 amide bonds. The van der Waals surface area contributed by atoms with E-state index in [0.717, 1.165) is 10.2 Å². The van der Waals surface area contributed by atoms with Crippen molar-refractivity contribution in [3.8, 4) is 0 Å². The van der Waals surface area contributed by atoms with Crippen molar-refractivity contribution in [2.45, 2.75) is 0 Å². The molecule has 76 valence electrons. The molecule has 0 atom stereocenters. The molecule has 0 saturated heterocycles. The van der Waals surface area contributed by atoms with Crippen molar-refractivity contribution >= 4 is 27.5 Å². The van der Waals surface area contributed by atoms with E-state index in [0.29, 0.717) is 5.56 Å². The number of hydrogen-bond donors (Lipinski definition) is 2. The molecule has 0 radical (unpaired) electrons. The minimum absolute atomic E-state index is 0.291. The number of hydrogen-bond acceptors (Lipinski definition) is 3. The van der Waals surface area contributed by atoms with Crippen molar-refractivity contribution < 1.29 is 4.79 Å². The number of rotatable bonds is 2. The molecule has 14 heavy (non-hydrogen) atoms. The van der Waals surface area contributed by atoms with Gasteiger partial charge in [-0.05, 0) is 34.1 Å². The van der Waals surface area contributed by atoms with Gasteiger partial charge in [-0.15, -0.1) is 0 Å². The highest BCUT2D eigenvalue weighted by molar-refractivity contribution is 9.10. The van der Waals surface area contributed by atoms with Gasteiger partial charge in [-0.1, -0.05) is 0 Å². The lowest BCUT2D eigenvalue weighted by molar-refractivity contribution is 0.0953. The average Bonchev–Trinajstić information content (AvgIpc) is 2.17. The molecule has 0 aromatic heterocycles. The van der Waals surface area contributed by atoms with Crippen LogP contribution in [0.2, 0.25) is 0 Å². The Kier molecular flexibility index (Phi) is 3.49. The van der Waals surface area contributed by atoms with E-state index < -0.39 is 0 Å². The van der Waals surface area contributed by atoms with Crippen LogP contribution in [-0.4, -0.2) is 20.0 Å². The Morgan fingerprint density at radius 1 is 1.50 bits per heavy atom. The Morgan fingerprint density at radius 2 is 2.14 bits per heavy atom. The Hall–Kier alpha value is -1.07. The zero-order valence-corrected chi connectivity index (χ0v) is 9.63. The lowest BCUT2D eigenvalue weighted by Gasteiger charge is -2.15. The third kappa shape index (κ3) is 2.24. The van der Waals surface area contributed by atoms with E-state index in [1.54, 1.807) is 12.1 Å². The van der Waals surface area contributed by atoms with E-state index in [9.17, 15) is 4.79 Å². The fourth-order valence-corrected chi connectivity index (χ4v) is 1.68. The minimum Gasteiger partial charge on any atom is -0.377 e. The number of halogens is 1. The van der Waals surface area contributed by atoms with Crippen molar-refractivity contribution in [1.29, 1.82) is 0 Å². The summed E-state index contributed by atoms with van der Waals surface area (Å²) in [5.41, 5.74) is 3.57. The second-order valence-electron chi connectivity index (χ2n) is 3.03. The summed E-state index contributed by atoms with van der Waals surface area (Å²) in [6.45, 7) is 0. The number of carbonyl (C=O) groups is 1. The smallest absolute Gasteiger partial charge is 0.265 e. The van der Waals surface area contributed by atoms with Gasteiger partial charge in [0.15, 0.2) is 0 Å². The lowest BCUT2D eigenvalue weighted by Crippen LogP contribution is -2.30. The number of nitrogens with zero attached hydrogens (tertiary/aromatic N) is 1. The molecule has 0 saturated carbocycles. The van der Waals surface area contributed by atoms with Crippen LogP contribution >= 0.6 is 15.9 Å². The lowest BCUT2D eigenvalue weighted by atomic mass is 10.2. The highest BCUT2D eigenvalue weighted by atomic mass is 79.9. The quantitative estimate of drug-likeness (QED) is 0.474. The van der Waals surface area contributed by atoms with Crippen molar-refractivity contribution in [2.24, 2.45) is 5.84 Å². The first-order valence-electron chi connectivity index (χ1n) is 4.04. The van der Waals surface area contributed by atoms with E-state index in [2.05, 4.69) is 21.4 Å².